The summed E-state index contributed by atoms with van der Waals surface area (Å²) in [6.45, 7) is 0. The second-order valence-electron chi connectivity index (χ2n) is 3.91. The first-order chi connectivity index (χ1) is 9.19. The van der Waals surface area contributed by atoms with Crippen LogP contribution >= 0.6 is 11.3 Å². The quantitative estimate of drug-likeness (QED) is 0.744. The van der Waals surface area contributed by atoms with Gasteiger partial charge in [-0.3, -0.25) is 9.36 Å². The number of aromatic nitrogens is 2. The maximum absolute atomic E-state index is 10.9. The van der Waals surface area contributed by atoms with Gasteiger partial charge in [0.1, 0.15) is 0 Å². The van der Waals surface area contributed by atoms with Gasteiger partial charge in [0.15, 0.2) is 11.4 Å². The fourth-order valence-corrected chi connectivity index (χ4v) is 2.82. The molecule has 0 amide bonds. The van der Waals surface area contributed by atoms with Crippen molar-refractivity contribution in [1.82, 2.24) is 9.55 Å². The molecular formula is C13H8N2O3S. The Bertz CT molecular complexity index is 788. The summed E-state index contributed by atoms with van der Waals surface area (Å²) in [6.07, 6.45) is 2.51. The highest BCUT2D eigenvalue weighted by molar-refractivity contribution is 7.20. The second kappa shape index (κ2) is 4.33. The fraction of sp³-hybridized carbons (Fsp3) is 0. The van der Waals surface area contributed by atoms with Gasteiger partial charge in [-0.25, -0.2) is 9.78 Å². The van der Waals surface area contributed by atoms with E-state index >= 15 is 0 Å². The molecule has 0 unspecified atom stereocenters. The van der Waals surface area contributed by atoms with E-state index in [2.05, 4.69) is 4.98 Å². The van der Waals surface area contributed by atoms with Crippen molar-refractivity contribution in [2.24, 2.45) is 0 Å². The molecule has 0 atom stereocenters. The number of thiazole rings is 1. The third-order valence-electron chi connectivity index (χ3n) is 2.73. The second-order valence-corrected chi connectivity index (χ2v) is 4.91. The minimum Gasteiger partial charge on any atom is -0.478 e. The van der Waals surface area contributed by atoms with E-state index in [0.717, 1.165) is 16.5 Å². The van der Waals surface area contributed by atoms with Crippen LogP contribution in [0.25, 0.3) is 15.3 Å². The first-order valence-electron chi connectivity index (χ1n) is 5.46. The molecule has 6 heteroatoms. The lowest BCUT2D eigenvalue weighted by Crippen LogP contribution is -1.96. The molecule has 0 saturated carbocycles. The van der Waals surface area contributed by atoms with Crippen molar-refractivity contribution in [3.8, 4) is 5.13 Å². The summed E-state index contributed by atoms with van der Waals surface area (Å²) in [5.74, 6) is -0.966. The van der Waals surface area contributed by atoms with E-state index in [0.29, 0.717) is 10.8 Å². The SMILES string of the molecule is O=Cc1cccn1-c1nc2ccc(C(=O)O)cc2s1. The zero-order valence-electron chi connectivity index (χ0n) is 9.61. The van der Waals surface area contributed by atoms with E-state index in [1.54, 1.807) is 35.0 Å². The predicted octanol–water partition coefficient (Wildman–Crippen LogP) is 2.60. The smallest absolute Gasteiger partial charge is 0.335 e. The van der Waals surface area contributed by atoms with Crippen LogP contribution in [0.15, 0.2) is 36.5 Å². The molecule has 3 aromatic rings. The summed E-state index contributed by atoms with van der Waals surface area (Å²) < 4.78 is 2.46. The fourth-order valence-electron chi connectivity index (χ4n) is 1.81. The molecule has 2 aromatic heterocycles. The van der Waals surface area contributed by atoms with Crippen LogP contribution in [-0.4, -0.2) is 26.9 Å². The normalized spacial score (nSPS) is 10.7. The summed E-state index contributed by atoms with van der Waals surface area (Å²) in [7, 11) is 0. The number of hydrogen-bond acceptors (Lipinski definition) is 4. The number of nitrogens with zero attached hydrogens (tertiary/aromatic N) is 2. The molecule has 94 valence electrons. The highest BCUT2D eigenvalue weighted by atomic mass is 32.1. The Hall–Kier alpha value is -2.47. The van der Waals surface area contributed by atoms with Gasteiger partial charge in [-0.15, -0.1) is 0 Å². The van der Waals surface area contributed by atoms with Crippen LogP contribution in [0.2, 0.25) is 0 Å². The maximum Gasteiger partial charge on any atom is 0.335 e. The van der Waals surface area contributed by atoms with Gasteiger partial charge in [0.25, 0.3) is 0 Å². The molecule has 5 nitrogen and oxygen atoms in total. The Balaban J connectivity index is 2.16. The van der Waals surface area contributed by atoms with Gasteiger partial charge in [0.05, 0.1) is 21.5 Å². The number of carbonyl (C=O) groups is 2. The average Bonchev–Trinajstić information content (AvgIpc) is 3.03. The molecule has 0 saturated heterocycles. The van der Waals surface area contributed by atoms with Crippen molar-refractivity contribution in [2.45, 2.75) is 0 Å². The van der Waals surface area contributed by atoms with E-state index in [9.17, 15) is 9.59 Å². The van der Waals surface area contributed by atoms with Crippen LogP contribution in [0, 0.1) is 0 Å². The molecule has 19 heavy (non-hydrogen) atoms. The molecular weight excluding hydrogens is 264 g/mol. The van der Waals surface area contributed by atoms with E-state index in [4.69, 9.17) is 5.11 Å². The molecule has 0 aliphatic rings. The molecule has 0 aliphatic heterocycles. The van der Waals surface area contributed by atoms with Crippen LogP contribution in [-0.2, 0) is 0 Å². The molecule has 3 rings (SSSR count). The maximum atomic E-state index is 10.9. The summed E-state index contributed by atoms with van der Waals surface area (Å²) in [4.78, 5) is 26.2. The molecule has 1 aromatic carbocycles. The Labute approximate surface area is 111 Å². The standard InChI is InChI=1S/C13H8N2O3S/c16-7-9-2-1-5-15(9)13-14-10-4-3-8(12(17)18)6-11(10)19-13/h1-7H,(H,17,18). The zero-order chi connectivity index (χ0) is 13.4. The Morgan fingerprint density at radius 3 is 2.95 bits per heavy atom. The molecule has 1 N–H and O–H groups in total. The first kappa shape index (κ1) is 11.6. The van der Waals surface area contributed by atoms with Crippen LogP contribution in [0.5, 0.6) is 0 Å². The van der Waals surface area contributed by atoms with Crippen LogP contribution in [0.3, 0.4) is 0 Å². The van der Waals surface area contributed by atoms with Gasteiger partial charge < -0.3 is 5.11 Å². The number of carboxylic acids is 1. The number of fused-ring (bicyclic) bond motifs is 1. The van der Waals surface area contributed by atoms with Crippen molar-refractivity contribution in [2.75, 3.05) is 0 Å². The summed E-state index contributed by atoms with van der Waals surface area (Å²) in [6, 6.07) is 8.23. The van der Waals surface area contributed by atoms with Gasteiger partial charge in [-0.2, -0.15) is 0 Å². The van der Waals surface area contributed by atoms with Crippen molar-refractivity contribution >= 4 is 33.8 Å². The average molecular weight is 272 g/mol. The van der Waals surface area contributed by atoms with Crippen molar-refractivity contribution in [3.63, 3.8) is 0 Å². The zero-order valence-corrected chi connectivity index (χ0v) is 10.4. The van der Waals surface area contributed by atoms with Crippen LogP contribution in [0.1, 0.15) is 20.8 Å². The van der Waals surface area contributed by atoms with Crippen LogP contribution < -0.4 is 0 Å². The number of hydrogen-bond donors (Lipinski definition) is 1. The largest absolute Gasteiger partial charge is 0.478 e. The van der Waals surface area contributed by atoms with Crippen LogP contribution in [0.4, 0.5) is 0 Å². The molecule has 0 radical (unpaired) electrons. The molecule has 0 fully saturated rings. The topological polar surface area (TPSA) is 72.2 Å². The Morgan fingerprint density at radius 1 is 1.37 bits per heavy atom. The van der Waals surface area contributed by atoms with Gasteiger partial charge in [-0.1, -0.05) is 11.3 Å². The van der Waals surface area contributed by atoms with E-state index in [1.807, 2.05) is 0 Å². The van der Waals surface area contributed by atoms with Gasteiger partial charge in [-0.05, 0) is 30.3 Å². The monoisotopic (exact) mass is 272 g/mol. The third-order valence-corrected chi connectivity index (χ3v) is 3.75. The van der Waals surface area contributed by atoms with Crippen molar-refractivity contribution in [3.05, 3.63) is 47.8 Å². The molecule has 0 bridgehead atoms. The van der Waals surface area contributed by atoms with Gasteiger partial charge in [0.2, 0.25) is 0 Å². The number of aldehydes is 1. The van der Waals surface area contributed by atoms with Gasteiger partial charge >= 0.3 is 5.97 Å². The van der Waals surface area contributed by atoms with Gasteiger partial charge in [0, 0.05) is 6.20 Å². The lowest BCUT2D eigenvalue weighted by Gasteiger charge is -1.97. The number of carbonyl (C=O) groups excluding carboxylic acids is 1. The summed E-state index contributed by atoms with van der Waals surface area (Å²) >= 11 is 1.35. The number of aromatic carboxylic acids is 1. The van der Waals surface area contributed by atoms with Crippen molar-refractivity contribution < 1.29 is 14.7 Å². The third kappa shape index (κ3) is 1.92. The van der Waals surface area contributed by atoms with E-state index < -0.39 is 5.97 Å². The Morgan fingerprint density at radius 2 is 2.21 bits per heavy atom. The minimum absolute atomic E-state index is 0.228. The highest BCUT2D eigenvalue weighted by Crippen LogP contribution is 2.26. The number of rotatable bonds is 3. The minimum atomic E-state index is -0.966. The highest BCUT2D eigenvalue weighted by Gasteiger charge is 2.10. The lowest BCUT2D eigenvalue weighted by molar-refractivity contribution is 0.0697. The van der Waals surface area contributed by atoms with Crippen molar-refractivity contribution in [1.29, 1.82) is 0 Å². The summed E-state index contributed by atoms with van der Waals surface area (Å²) in [5, 5.41) is 9.59. The Kier molecular flexibility index (Phi) is 2.64. The molecule has 2 heterocycles. The van der Waals surface area contributed by atoms with E-state index in [1.165, 1.54) is 17.4 Å². The number of carboxylic acid groups (broad SMARTS) is 1. The molecule has 0 spiro atoms. The first-order valence-corrected chi connectivity index (χ1v) is 6.27. The molecule has 0 aliphatic carbocycles. The summed E-state index contributed by atoms with van der Waals surface area (Å²) in [5.41, 5.74) is 1.46. The predicted molar refractivity (Wildman–Crippen MR) is 71.3 cm³/mol. The number of benzene rings is 1. The lowest BCUT2D eigenvalue weighted by atomic mass is 10.2. The van der Waals surface area contributed by atoms with E-state index in [-0.39, 0.29) is 5.56 Å².